The van der Waals surface area contributed by atoms with Gasteiger partial charge < -0.3 is 21.6 Å². The maximum absolute atomic E-state index is 12.1. The molecule has 2 aromatic rings. The number of hydrazine groups is 1. The summed E-state index contributed by atoms with van der Waals surface area (Å²) >= 11 is 0. The first-order chi connectivity index (χ1) is 13.9. The highest BCUT2D eigenvalue weighted by Crippen LogP contribution is 2.46. The number of nitrogens with zero attached hydrogens (tertiary/aromatic N) is 3. The van der Waals surface area contributed by atoms with E-state index < -0.39 is 12.0 Å². The number of nitrogens with two attached hydrogens (primary N) is 1. The lowest BCUT2D eigenvalue weighted by atomic mass is 9.71. The number of aromatic nitrogens is 2. The first-order valence-corrected chi connectivity index (χ1v) is 9.80. The van der Waals surface area contributed by atoms with Crippen LogP contribution in [0.5, 0.6) is 0 Å². The predicted octanol–water partition coefficient (Wildman–Crippen LogP) is 2.56. The number of hydrogen-bond donors (Lipinski definition) is 4. The molecule has 5 N–H and O–H groups in total. The number of carboxylic acid groups (broad SMARTS) is 1. The van der Waals surface area contributed by atoms with Crippen molar-refractivity contribution < 1.29 is 9.90 Å². The molecule has 2 aliphatic rings. The van der Waals surface area contributed by atoms with Crippen molar-refractivity contribution in [1.29, 1.82) is 0 Å². The highest BCUT2D eigenvalue weighted by atomic mass is 35.5. The van der Waals surface area contributed by atoms with E-state index in [2.05, 4.69) is 29.6 Å². The number of halogens is 1. The number of rotatable bonds is 6. The van der Waals surface area contributed by atoms with Crippen LogP contribution in [0.1, 0.15) is 31.5 Å². The smallest absolute Gasteiger partial charge is 0.327 e. The van der Waals surface area contributed by atoms with Gasteiger partial charge in [0.15, 0.2) is 6.04 Å². The quantitative estimate of drug-likeness (QED) is 0.552. The molecule has 1 atom stereocenters. The van der Waals surface area contributed by atoms with Gasteiger partial charge in [-0.05, 0) is 48.1 Å². The summed E-state index contributed by atoms with van der Waals surface area (Å²) < 4.78 is 0. The van der Waals surface area contributed by atoms with Crippen LogP contribution >= 0.6 is 12.4 Å². The molecule has 2 heterocycles. The Morgan fingerprint density at radius 1 is 1.37 bits per heavy atom. The lowest BCUT2D eigenvalue weighted by Gasteiger charge is -2.34. The van der Waals surface area contributed by atoms with Gasteiger partial charge in [0.05, 0.1) is 11.4 Å². The third-order valence-corrected chi connectivity index (χ3v) is 5.44. The van der Waals surface area contributed by atoms with Crippen LogP contribution in [-0.2, 0) is 11.2 Å². The number of para-hydroxylation sites is 1. The fourth-order valence-corrected chi connectivity index (χ4v) is 4.19. The van der Waals surface area contributed by atoms with Gasteiger partial charge in [0, 0.05) is 18.4 Å². The molecular weight excluding hydrogens is 404 g/mol. The van der Waals surface area contributed by atoms with Crippen molar-refractivity contribution in [2.45, 2.75) is 32.7 Å². The molecule has 0 amide bonds. The Morgan fingerprint density at radius 3 is 2.77 bits per heavy atom. The van der Waals surface area contributed by atoms with Gasteiger partial charge in [-0.3, -0.25) is 4.79 Å². The molecule has 160 valence electrons. The highest BCUT2D eigenvalue weighted by Gasteiger charge is 2.48. The van der Waals surface area contributed by atoms with E-state index in [0.29, 0.717) is 31.9 Å². The second kappa shape index (κ2) is 8.59. The third kappa shape index (κ3) is 3.98. The van der Waals surface area contributed by atoms with Crippen LogP contribution in [0.3, 0.4) is 0 Å². The summed E-state index contributed by atoms with van der Waals surface area (Å²) in [7, 11) is 0. The number of nitrogens with one attached hydrogen (secondary N) is 2. The number of carbonyl (C=O) groups is 1. The van der Waals surface area contributed by atoms with Gasteiger partial charge in [-0.2, -0.15) is 0 Å². The van der Waals surface area contributed by atoms with Crippen LogP contribution in [0.4, 0.5) is 11.6 Å². The molecule has 0 bridgehead atoms. The minimum Gasteiger partial charge on any atom is -0.480 e. The molecule has 0 fully saturated rings. The van der Waals surface area contributed by atoms with E-state index in [4.69, 9.17) is 10.7 Å². The van der Waals surface area contributed by atoms with E-state index in [1.54, 1.807) is 5.01 Å². The molecule has 1 unspecified atom stereocenters. The van der Waals surface area contributed by atoms with Crippen LogP contribution in [0.15, 0.2) is 42.1 Å². The molecule has 30 heavy (non-hydrogen) atoms. The van der Waals surface area contributed by atoms with Crippen LogP contribution < -0.4 is 16.5 Å². The Hall–Kier alpha value is -2.68. The number of carboxylic acids is 1. The van der Waals surface area contributed by atoms with Crippen molar-refractivity contribution in [3.63, 3.8) is 0 Å². The maximum atomic E-state index is 12.1. The van der Waals surface area contributed by atoms with E-state index >= 15 is 0 Å². The Balaban J connectivity index is 0.00000256. The topological polar surface area (TPSA) is 116 Å². The van der Waals surface area contributed by atoms with Gasteiger partial charge in [0.1, 0.15) is 0 Å². The average molecular weight is 431 g/mol. The summed E-state index contributed by atoms with van der Waals surface area (Å²) in [4.78, 5) is 21.4. The highest BCUT2D eigenvalue weighted by molar-refractivity contribution is 5.86. The SMILES string of the molecule is CC1(C)Cc2cnc(Nc3ccccc3)nc2C2=C1C(C(=O)O)N(CCCN)N2.Cl. The maximum Gasteiger partial charge on any atom is 0.327 e. The zero-order valence-electron chi connectivity index (χ0n) is 17.1. The van der Waals surface area contributed by atoms with E-state index in [-0.39, 0.29) is 17.8 Å². The summed E-state index contributed by atoms with van der Waals surface area (Å²) in [6, 6.07) is 8.98. The summed E-state index contributed by atoms with van der Waals surface area (Å²) in [6.07, 6.45) is 3.22. The standard InChI is InChI=1S/C21H26N6O2.ClH/c1-21(2)11-13-12-23-20(24-14-7-4-3-5-8-14)25-16(13)17-15(21)18(19(28)29)27(26-17)10-6-9-22;/h3-5,7-8,12,18,26H,6,9-11,22H2,1-2H3,(H,28,29)(H,23,24,25);1H. The van der Waals surface area contributed by atoms with E-state index in [1.807, 2.05) is 36.5 Å². The largest absolute Gasteiger partial charge is 0.480 e. The fraction of sp³-hybridized carbons (Fsp3) is 0.381. The van der Waals surface area contributed by atoms with Crippen molar-refractivity contribution in [2.75, 3.05) is 18.4 Å². The number of aliphatic carboxylic acids is 1. The first-order valence-electron chi connectivity index (χ1n) is 9.80. The van der Waals surface area contributed by atoms with Crippen molar-refractivity contribution >= 4 is 35.7 Å². The Bertz CT molecular complexity index is 963. The van der Waals surface area contributed by atoms with Gasteiger partial charge in [-0.15, -0.1) is 12.4 Å². The molecule has 1 aromatic carbocycles. The molecule has 0 saturated heterocycles. The number of fused-ring (bicyclic) bond motifs is 2. The molecule has 8 nitrogen and oxygen atoms in total. The second-order valence-electron chi connectivity index (χ2n) is 8.10. The van der Waals surface area contributed by atoms with Crippen LogP contribution in [-0.4, -0.2) is 45.2 Å². The molecule has 1 aliphatic heterocycles. The zero-order valence-corrected chi connectivity index (χ0v) is 17.9. The summed E-state index contributed by atoms with van der Waals surface area (Å²) in [5.41, 5.74) is 12.9. The van der Waals surface area contributed by atoms with Gasteiger partial charge in [-0.1, -0.05) is 32.0 Å². The molecule has 1 aromatic heterocycles. The second-order valence-corrected chi connectivity index (χ2v) is 8.10. The molecule has 4 rings (SSSR count). The zero-order chi connectivity index (χ0) is 20.6. The van der Waals surface area contributed by atoms with Crippen LogP contribution in [0.2, 0.25) is 0 Å². The lowest BCUT2D eigenvalue weighted by Crippen LogP contribution is -2.46. The van der Waals surface area contributed by atoms with Gasteiger partial charge in [0.25, 0.3) is 0 Å². The van der Waals surface area contributed by atoms with E-state index in [9.17, 15) is 9.90 Å². The summed E-state index contributed by atoms with van der Waals surface area (Å²) in [6.45, 7) is 5.20. The van der Waals surface area contributed by atoms with Gasteiger partial charge in [0.2, 0.25) is 5.95 Å². The molecule has 0 radical (unpaired) electrons. The first kappa shape index (κ1) is 22.0. The van der Waals surface area contributed by atoms with Gasteiger partial charge in [-0.25, -0.2) is 15.0 Å². The van der Waals surface area contributed by atoms with Crippen molar-refractivity contribution in [2.24, 2.45) is 11.1 Å². The Labute approximate surface area is 182 Å². The van der Waals surface area contributed by atoms with Crippen LogP contribution in [0.25, 0.3) is 5.70 Å². The average Bonchev–Trinajstić information content (AvgIpc) is 3.09. The minimum atomic E-state index is -0.868. The van der Waals surface area contributed by atoms with E-state index in [0.717, 1.165) is 28.2 Å². The fourth-order valence-electron chi connectivity index (χ4n) is 4.19. The van der Waals surface area contributed by atoms with E-state index in [1.165, 1.54) is 0 Å². The molecular formula is C21H27ClN6O2. The molecule has 0 spiro atoms. The predicted molar refractivity (Wildman–Crippen MR) is 118 cm³/mol. The normalized spacial score (nSPS) is 19.4. The third-order valence-electron chi connectivity index (χ3n) is 5.44. The van der Waals surface area contributed by atoms with Gasteiger partial charge >= 0.3 is 5.97 Å². The number of hydrogen-bond acceptors (Lipinski definition) is 7. The molecule has 0 saturated carbocycles. The van der Waals surface area contributed by atoms with Crippen molar-refractivity contribution in [3.05, 3.63) is 53.4 Å². The van der Waals surface area contributed by atoms with Crippen molar-refractivity contribution in [3.8, 4) is 0 Å². The lowest BCUT2D eigenvalue weighted by molar-refractivity contribution is -0.142. The molecule has 1 aliphatic carbocycles. The molecule has 9 heteroatoms. The number of anilines is 2. The number of benzene rings is 1. The summed E-state index contributed by atoms with van der Waals surface area (Å²) in [5, 5.41) is 14.9. The van der Waals surface area contributed by atoms with Crippen LogP contribution in [0, 0.1) is 5.41 Å². The van der Waals surface area contributed by atoms with Crippen molar-refractivity contribution in [1.82, 2.24) is 20.4 Å². The Kier molecular flexibility index (Phi) is 6.30. The minimum absolute atomic E-state index is 0. The monoisotopic (exact) mass is 430 g/mol. The Morgan fingerprint density at radius 2 is 2.10 bits per heavy atom. The summed E-state index contributed by atoms with van der Waals surface area (Å²) in [5.74, 6) is -0.386.